The van der Waals surface area contributed by atoms with Crippen LogP contribution < -0.4 is 10.6 Å². The first kappa shape index (κ1) is 13.0. The Hall–Kier alpha value is 0.0300. The van der Waals surface area contributed by atoms with Gasteiger partial charge in [-0.25, -0.2) is 4.57 Å². The summed E-state index contributed by atoms with van der Waals surface area (Å²) in [5, 5.41) is 6.74. The Balaban J connectivity index is 0.000000252. The molecule has 0 aromatic heterocycles. The van der Waals surface area contributed by atoms with E-state index in [4.69, 9.17) is 19.2 Å². The minimum Gasteiger partial charge on any atom is -0.311 e. The molecule has 1 aliphatic heterocycles. The maximum Gasteiger partial charge on any atom is 0.466 e. The van der Waals surface area contributed by atoms with Crippen molar-refractivity contribution in [2.45, 2.75) is 25.9 Å². The Bertz CT molecular complexity index is 157. The average Bonchev–Trinajstić information content (AvgIpc) is 1.92. The van der Waals surface area contributed by atoms with Crippen LogP contribution in [-0.4, -0.2) is 39.9 Å². The van der Waals surface area contributed by atoms with Crippen LogP contribution in [0.2, 0.25) is 0 Å². The van der Waals surface area contributed by atoms with E-state index >= 15 is 0 Å². The number of hydrogen-bond donors (Lipinski definition) is 5. The molecule has 6 nitrogen and oxygen atoms in total. The Morgan fingerprint density at radius 1 is 1.08 bits per heavy atom. The maximum atomic E-state index is 8.88. The van der Waals surface area contributed by atoms with E-state index in [-0.39, 0.29) is 0 Å². The summed E-state index contributed by atoms with van der Waals surface area (Å²) in [5.41, 5.74) is 0. The molecule has 1 heterocycles. The summed E-state index contributed by atoms with van der Waals surface area (Å²) in [6.07, 6.45) is 0. The van der Waals surface area contributed by atoms with Crippen molar-refractivity contribution in [3.05, 3.63) is 0 Å². The molecular weight excluding hydrogens is 195 g/mol. The van der Waals surface area contributed by atoms with Gasteiger partial charge in [-0.05, 0) is 13.8 Å². The summed E-state index contributed by atoms with van der Waals surface area (Å²) in [6, 6.07) is 1.32. The lowest BCUT2D eigenvalue weighted by Crippen LogP contribution is -2.51. The van der Waals surface area contributed by atoms with E-state index in [2.05, 4.69) is 24.5 Å². The Kier molecular flexibility index (Phi) is 5.71. The minimum atomic E-state index is -4.64. The zero-order valence-corrected chi connectivity index (χ0v) is 8.66. The highest BCUT2D eigenvalue weighted by Gasteiger charge is 2.10. The highest BCUT2D eigenvalue weighted by Crippen LogP contribution is 2.25. The third-order valence-electron chi connectivity index (χ3n) is 1.54. The van der Waals surface area contributed by atoms with E-state index in [0.717, 1.165) is 13.1 Å². The van der Waals surface area contributed by atoms with Crippen molar-refractivity contribution in [1.82, 2.24) is 10.6 Å². The second kappa shape index (κ2) is 5.70. The van der Waals surface area contributed by atoms with Crippen LogP contribution in [0.4, 0.5) is 0 Å². The van der Waals surface area contributed by atoms with Crippen LogP contribution >= 0.6 is 7.82 Å². The molecule has 2 atom stereocenters. The molecule has 80 valence electrons. The van der Waals surface area contributed by atoms with Crippen molar-refractivity contribution in [3.8, 4) is 0 Å². The monoisotopic (exact) mass is 212 g/mol. The lowest BCUT2D eigenvalue weighted by Gasteiger charge is -2.26. The van der Waals surface area contributed by atoms with Gasteiger partial charge in [0.2, 0.25) is 0 Å². The molecule has 0 aliphatic carbocycles. The largest absolute Gasteiger partial charge is 0.466 e. The van der Waals surface area contributed by atoms with Gasteiger partial charge in [0.25, 0.3) is 0 Å². The lowest BCUT2D eigenvalue weighted by molar-refractivity contribution is 0.275. The maximum absolute atomic E-state index is 8.88. The predicted molar refractivity (Wildman–Crippen MR) is 49.2 cm³/mol. The lowest BCUT2D eigenvalue weighted by atomic mass is 10.2. The Morgan fingerprint density at radius 3 is 1.46 bits per heavy atom. The van der Waals surface area contributed by atoms with Crippen LogP contribution in [-0.2, 0) is 4.57 Å². The smallest absolute Gasteiger partial charge is 0.311 e. The van der Waals surface area contributed by atoms with Crippen molar-refractivity contribution >= 4 is 7.82 Å². The van der Waals surface area contributed by atoms with E-state index in [1.165, 1.54) is 0 Å². The molecule has 0 aromatic carbocycles. The van der Waals surface area contributed by atoms with Crippen LogP contribution in [0, 0.1) is 0 Å². The molecule has 0 saturated carbocycles. The molecule has 13 heavy (non-hydrogen) atoms. The third kappa shape index (κ3) is 12.0. The zero-order valence-electron chi connectivity index (χ0n) is 7.77. The van der Waals surface area contributed by atoms with Crippen molar-refractivity contribution in [2.75, 3.05) is 13.1 Å². The van der Waals surface area contributed by atoms with Crippen molar-refractivity contribution in [2.24, 2.45) is 0 Å². The summed E-state index contributed by atoms with van der Waals surface area (Å²) in [6.45, 7) is 6.61. The Labute approximate surface area is 77.6 Å². The molecule has 0 spiro atoms. The van der Waals surface area contributed by atoms with E-state index in [1.807, 2.05) is 0 Å². The fourth-order valence-electron chi connectivity index (χ4n) is 0.900. The first-order chi connectivity index (χ1) is 5.79. The van der Waals surface area contributed by atoms with Gasteiger partial charge in [-0.2, -0.15) is 0 Å². The summed E-state index contributed by atoms with van der Waals surface area (Å²) < 4.78 is 8.88. The average molecular weight is 212 g/mol. The molecule has 0 amide bonds. The van der Waals surface area contributed by atoms with Crippen molar-refractivity contribution in [1.29, 1.82) is 0 Å². The predicted octanol–water partition coefficient (Wildman–Crippen LogP) is -0.972. The molecule has 0 bridgehead atoms. The van der Waals surface area contributed by atoms with Gasteiger partial charge in [0.15, 0.2) is 0 Å². The first-order valence-corrected chi connectivity index (χ1v) is 5.60. The molecule has 5 N–H and O–H groups in total. The quantitative estimate of drug-likeness (QED) is 0.331. The van der Waals surface area contributed by atoms with Gasteiger partial charge >= 0.3 is 7.82 Å². The molecule has 1 aliphatic rings. The van der Waals surface area contributed by atoms with Gasteiger partial charge in [0, 0.05) is 25.2 Å². The third-order valence-corrected chi connectivity index (χ3v) is 1.54. The second-order valence-corrected chi connectivity index (χ2v) is 4.16. The van der Waals surface area contributed by atoms with Crippen LogP contribution in [0.25, 0.3) is 0 Å². The fraction of sp³-hybridized carbons (Fsp3) is 1.00. The molecule has 0 radical (unpaired) electrons. The standard InChI is InChI=1S/C6H14N2.H3O4P/c1-5-3-8-6(2)4-7-5;1-5(2,3)4/h5-8H,3-4H2,1-2H3;(H3,1,2,3,4). The number of rotatable bonds is 0. The normalized spacial score (nSPS) is 29.0. The molecule has 1 saturated heterocycles. The van der Waals surface area contributed by atoms with E-state index in [0.29, 0.717) is 12.1 Å². The van der Waals surface area contributed by atoms with E-state index in [1.54, 1.807) is 0 Å². The van der Waals surface area contributed by atoms with Crippen LogP contribution in [0.5, 0.6) is 0 Å². The highest BCUT2D eigenvalue weighted by molar-refractivity contribution is 7.45. The molecule has 2 unspecified atom stereocenters. The van der Waals surface area contributed by atoms with E-state index < -0.39 is 7.82 Å². The topological polar surface area (TPSA) is 102 Å². The van der Waals surface area contributed by atoms with E-state index in [9.17, 15) is 0 Å². The fourth-order valence-corrected chi connectivity index (χ4v) is 0.900. The molecule has 0 aromatic rings. The second-order valence-electron chi connectivity index (χ2n) is 3.13. The molecule has 1 rings (SSSR count). The highest BCUT2D eigenvalue weighted by atomic mass is 31.2. The van der Waals surface area contributed by atoms with Gasteiger partial charge in [-0.1, -0.05) is 0 Å². The number of nitrogens with one attached hydrogen (secondary N) is 2. The molecule has 7 heteroatoms. The molecular formula is C6H17N2O4P. The van der Waals surface area contributed by atoms with Gasteiger partial charge in [-0.3, -0.25) is 0 Å². The SMILES string of the molecule is CC1CNC(C)CN1.O=P(O)(O)O. The van der Waals surface area contributed by atoms with Gasteiger partial charge < -0.3 is 25.3 Å². The Morgan fingerprint density at radius 2 is 1.31 bits per heavy atom. The minimum absolute atomic E-state index is 0.659. The van der Waals surface area contributed by atoms with Crippen LogP contribution in [0.3, 0.4) is 0 Å². The summed E-state index contributed by atoms with van der Waals surface area (Å²) in [5.74, 6) is 0. The number of hydrogen-bond acceptors (Lipinski definition) is 3. The van der Waals surface area contributed by atoms with Gasteiger partial charge in [-0.15, -0.1) is 0 Å². The van der Waals surface area contributed by atoms with Crippen molar-refractivity contribution < 1.29 is 19.2 Å². The zero-order chi connectivity index (χ0) is 10.5. The van der Waals surface area contributed by atoms with Crippen LogP contribution in [0.1, 0.15) is 13.8 Å². The summed E-state index contributed by atoms with van der Waals surface area (Å²) >= 11 is 0. The summed E-state index contributed by atoms with van der Waals surface area (Å²) in [7, 11) is -4.64. The van der Waals surface area contributed by atoms with Gasteiger partial charge in [0.1, 0.15) is 0 Å². The van der Waals surface area contributed by atoms with Gasteiger partial charge in [0.05, 0.1) is 0 Å². The number of phosphoric acid groups is 1. The van der Waals surface area contributed by atoms with Crippen LogP contribution in [0.15, 0.2) is 0 Å². The first-order valence-electron chi connectivity index (χ1n) is 4.04. The van der Waals surface area contributed by atoms with Crippen molar-refractivity contribution in [3.63, 3.8) is 0 Å². The number of piperazine rings is 1. The molecule has 1 fully saturated rings. The summed E-state index contributed by atoms with van der Waals surface area (Å²) in [4.78, 5) is 21.6.